The van der Waals surface area contributed by atoms with Crippen LogP contribution in [0.1, 0.15) is 259 Å². The summed E-state index contributed by atoms with van der Waals surface area (Å²) >= 11 is 0. The van der Waals surface area contributed by atoms with Gasteiger partial charge in [0, 0.05) is 44.5 Å². The van der Waals surface area contributed by atoms with Gasteiger partial charge in [0.1, 0.15) is 0 Å². The molecule has 0 bridgehead atoms. The zero-order valence-electron chi connectivity index (χ0n) is 48.9. The number of carbonyl (C=O) groups is 4. The van der Waals surface area contributed by atoms with E-state index in [9.17, 15) is 19.2 Å². The van der Waals surface area contributed by atoms with Gasteiger partial charge in [-0.3, -0.25) is 19.2 Å². The van der Waals surface area contributed by atoms with E-state index in [2.05, 4.69) is 120 Å². The summed E-state index contributed by atoms with van der Waals surface area (Å²) < 4.78 is 0. The van der Waals surface area contributed by atoms with Gasteiger partial charge in [-0.2, -0.15) is 0 Å². The summed E-state index contributed by atoms with van der Waals surface area (Å²) in [5.74, 6) is 1.34. The predicted molar refractivity (Wildman–Crippen MR) is 323 cm³/mol. The second-order valence-electron chi connectivity index (χ2n) is 23.4. The van der Waals surface area contributed by atoms with Crippen LogP contribution in [0.25, 0.3) is 0 Å². The molecule has 4 aromatic rings. The number of hydrogen-bond acceptors (Lipinski definition) is 4. The Kier molecular flexibility index (Phi) is 24.6. The van der Waals surface area contributed by atoms with Crippen LogP contribution in [0.4, 0.5) is 0 Å². The SMILES string of the molecule is CC(C)=CCC/C(C)=C/CCc1ccc2c(c1)C(=O)c1ccc(CC/C=C(\C)CCCC(C)C)cc1C2=O.CC(C)=CCC/C(C)=C/CCc1ccc2c(c1)C(=O)c1ccc(CCCC(C)CCC=C(C)C)cc1C2=O. The van der Waals surface area contributed by atoms with Gasteiger partial charge in [0.05, 0.1) is 0 Å². The van der Waals surface area contributed by atoms with Crippen molar-refractivity contribution in [2.24, 2.45) is 11.8 Å². The lowest BCUT2D eigenvalue weighted by Crippen LogP contribution is -2.21. The Morgan fingerprint density at radius 2 is 0.671 bits per heavy atom. The number of hydrogen-bond donors (Lipinski definition) is 0. The molecule has 0 radical (unpaired) electrons. The number of ketones is 4. The molecule has 76 heavy (non-hydrogen) atoms. The molecule has 0 saturated heterocycles. The monoisotopic (exact) mass is 1020 g/mol. The van der Waals surface area contributed by atoms with Crippen molar-refractivity contribution in [2.75, 3.05) is 0 Å². The number of allylic oxidation sites excluding steroid dienone is 12. The third-order valence-corrected chi connectivity index (χ3v) is 15.0. The van der Waals surface area contributed by atoms with E-state index < -0.39 is 0 Å². The maximum Gasteiger partial charge on any atom is 0.194 e. The topological polar surface area (TPSA) is 68.3 Å². The Bertz CT molecular complexity index is 2850. The molecule has 0 amide bonds. The van der Waals surface area contributed by atoms with Crippen molar-refractivity contribution < 1.29 is 19.2 Å². The molecule has 1 unspecified atom stereocenters. The van der Waals surface area contributed by atoms with Gasteiger partial charge >= 0.3 is 0 Å². The van der Waals surface area contributed by atoms with Crippen LogP contribution >= 0.6 is 0 Å². The number of rotatable bonds is 26. The smallest absolute Gasteiger partial charge is 0.194 e. The highest BCUT2D eigenvalue weighted by molar-refractivity contribution is 6.29. The molecular formula is C72H92O4. The summed E-state index contributed by atoms with van der Waals surface area (Å²) in [6, 6.07) is 23.3. The first kappa shape index (κ1) is 60.9. The van der Waals surface area contributed by atoms with E-state index in [1.807, 2.05) is 72.8 Å². The minimum Gasteiger partial charge on any atom is -0.289 e. The van der Waals surface area contributed by atoms with E-state index in [1.54, 1.807) is 0 Å². The van der Waals surface area contributed by atoms with E-state index in [0.29, 0.717) is 50.4 Å². The van der Waals surface area contributed by atoms with Crippen molar-refractivity contribution in [2.45, 2.75) is 199 Å². The average molecular weight is 1020 g/mol. The van der Waals surface area contributed by atoms with E-state index in [-0.39, 0.29) is 23.1 Å². The minimum atomic E-state index is -0.0302. The second kappa shape index (κ2) is 30.7. The summed E-state index contributed by atoms with van der Waals surface area (Å²) in [7, 11) is 0. The van der Waals surface area contributed by atoms with Crippen LogP contribution in [0.15, 0.2) is 143 Å². The van der Waals surface area contributed by atoms with Crippen LogP contribution in [-0.2, 0) is 25.7 Å². The van der Waals surface area contributed by atoms with E-state index in [1.165, 1.54) is 59.1 Å². The Morgan fingerprint density at radius 1 is 0.342 bits per heavy atom. The Balaban J connectivity index is 0.000000281. The molecule has 0 saturated carbocycles. The molecule has 4 nitrogen and oxygen atoms in total. The van der Waals surface area contributed by atoms with Crippen molar-refractivity contribution in [3.05, 3.63) is 209 Å². The molecule has 1 atom stereocenters. The molecule has 2 aliphatic rings. The minimum absolute atomic E-state index is 0.0203. The number of carbonyl (C=O) groups excluding carboxylic acids is 4. The third-order valence-electron chi connectivity index (χ3n) is 15.0. The molecule has 0 fully saturated rings. The van der Waals surface area contributed by atoms with Gasteiger partial charge in [0.15, 0.2) is 23.1 Å². The molecule has 4 aromatic carbocycles. The zero-order valence-corrected chi connectivity index (χ0v) is 48.9. The van der Waals surface area contributed by atoms with E-state index in [0.717, 1.165) is 118 Å². The summed E-state index contributed by atoms with van der Waals surface area (Å²) in [6.45, 7) is 26.3. The quantitative estimate of drug-likeness (QED) is 0.0508. The van der Waals surface area contributed by atoms with Crippen LogP contribution in [0.5, 0.6) is 0 Å². The van der Waals surface area contributed by atoms with Crippen LogP contribution in [0.3, 0.4) is 0 Å². The fourth-order valence-electron chi connectivity index (χ4n) is 10.3. The summed E-state index contributed by atoms with van der Waals surface area (Å²) in [6.07, 6.45) is 32.8. The molecule has 0 aromatic heterocycles. The first-order chi connectivity index (χ1) is 36.3. The first-order valence-corrected chi connectivity index (χ1v) is 28.9. The number of fused-ring (bicyclic) bond motifs is 4. The fourth-order valence-corrected chi connectivity index (χ4v) is 10.3. The molecule has 2 aliphatic carbocycles. The lowest BCUT2D eigenvalue weighted by Gasteiger charge is -2.19. The van der Waals surface area contributed by atoms with Gasteiger partial charge in [-0.05, 0) is 223 Å². The summed E-state index contributed by atoms with van der Waals surface area (Å²) in [5, 5.41) is 0. The van der Waals surface area contributed by atoms with Gasteiger partial charge in [-0.1, -0.05) is 152 Å². The maximum absolute atomic E-state index is 13.4. The molecular weight excluding hydrogens is 929 g/mol. The third kappa shape index (κ3) is 19.2. The second-order valence-corrected chi connectivity index (χ2v) is 23.4. The van der Waals surface area contributed by atoms with Crippen LogP contribution in [0, 0.1) is 11.8 Å². The molecule has 0 N–H and O–H groups in total. The lowest BCUT2D eigenvalue weighted by molar-refractivity contribution is 0.0979. The Morgan fingerprint density at radius 3 is 1.01 bits per heavy atom. The standard InChI is InChI=1S/2C36H46O2/c2*1-25(2)11-7-13-27(5)15-9-17-29-19-21-31-33(23-29)35(37)32-22-20-30(24-34(32)36(31)38)18-10-16-28(6)14-8-12-26(3)4/h11,15-16,19-24,26H,7-10,12-14,17-18H2,1-6H3;11-12,15,19-24,28H,7-10,13-14,16-18H2,1-6H3/b27-15+,28-16+;27-15+. The highest BCUT2D eigenvalue weighted by atomic mass is 16.1. The Hall–Kier alpha value is -6.00. The van der Waals surface area contributed by atoms with Crippen molar-refractivity contribution in [1.82, 2.24) is 0 Å². The number of aryl methyl sites for hydroxylation is 4. The molecule has 4 heteroatoms. The van der Waals surface area contributed by atoms with Crippen LogP contribution in [0.2, 0.25) is 0 Å². The summed E-state index contributed by atoms with van der Waals surface area (Å²) in [5.41, 5.74) is 17.2. The van der Waals surface area contributed by atoms with Gasteiger partial charge in [0.2, 0.25) is 0 Å². The molecule has 6 rings (SSSR count). The summed E-state index contributed by atoms with van der Waals surface area (Å²) in [4.78, 5) is 53.4. The normalized spacial score (nSPS) is 13.6. The van der Waals surface area contributed by atoms with Gasteiger partial charge in [-0.25, -0.2) is 0 Å². The van der Waals surface area contributed by atoms with Gasteiger partial charge in [0.25, 0.3) is 0 Å². The highest BCUT2D eigenvalue weighted by Gasteiger charge is 2.31. The molecule has 404 valence electrons. The Labute approximate surface area is 460 Å². The van der Waals surface area contributed by atoms with E-state index >= 15 is 0 Å². The largest absolute Gasteiger partial charge is 0.289 e. The van der Waals surface area contributed by atoms with Gasteiger partial charge < -0.3 is 0 Å². The van der Waals surface area contributed by atoms with Gasteiger partial charge in [-0.15, -0.1) is 0 Å². The average Bonchev–Trinajstić information content (AvgIpc) is 3.37. The van der Waals surface area contributed by atoms with Crippen LogP contribution < -0.4 is 0 Å². The highest BCUT2D eigenvalue weighted by Crippen LogP contribution is 2.32. The van der Waals surface area contributed by atoms with E-state index in [4.69, 9.17) is 0 Å². The maximum atomic E-state index is 13.4. The van der Waals surface area contributed by atoms with Crippen molar-refractivity contribution >= 4 is 23.1 Å². The van der Waals surface area contributed by atoms with Crippen molar-refractivity contribution in [3.63, 3.8) is 0 Å². The molecule has 0 heterocycles. The van der Waals surface area contributed by atoms with Crippen molar-refractivity contribution in [3.8, 4) is 0 Å². The molecule has 0 aliphatic heterocycles. The first-order valence-electron chi connectivity index (χ1n) is 28.9. The predicted octanol–water partition coefficient (Wildman–Crippen LogP) is 19.6. The number of benzene rings is 4. The van der Waals surface area contributed by atoms with Crippen molar-refractivity contribution in [1.29, 1.82) is 0 Å². The van der Waals surface area contributed by atoms with Crippen LogP contribution in [-0.4, -0.2) is 23.1 Å². The fraction of sp³-hybridized carbons (Fsp3) is 0.444. The molecule has 0 spiro atoms. The zero-order chi connectivity index (χ0) is 55.3. The lowest BCUT2D eigenvalue weighted by atomic mass is 9.82.